The van der Waals surface area contributed by atoms with E-state index in [1.807, 2.05) is 0 Å². The molecular weight excluding hydrogens is 334 g/mol. The molecule has 0 unspecified atom stereocenters. The van der Waals surface area contributed by atoms with Crippen LogP contribution in [-0.4, -0.2) is 21.1 Å². The Kier molecular flexibility index (Phi) is 3.81. The number of carbonyl (C=O) groups is 1. The zero-order valence-electron chi connectivity index (χ0n) is 7.24. The van der Waals surface area contributed by atoms with Crippen molar-refractivity contribution in [2.75, 3.05) is 5.33 Å². The maximum Gasteiger partial charge on any atom is 0.325 e. The molecule has 5 nitrogen and oxygen atoms in total. The summed E-state index contributed by atoms with van der Waals surface area (Å²) in [7, 11) is 0. The maximum atomic E-state index is 11.3. The lowest BCUT2D eigenvalue weighted by atomic mass is 10.1. The fraction of sp³-hybridized carbons (Fsp3) is 0.125. The van der Waals surface area contributed by atoms with E-state index in [1.165, 1.54) is 6.07 Å². The lowest BCUT2D eigenvalue weighted by Gasteiger charge is -2.03. The summed E-state index contributed by atoms with van der Waals surface area (Å²) in [5.74, 6) is -0.775. The zero-order valence-corrected chi connectivity index (χ0v) is 10.4. The van der Waals surface area contributed by atoms with Crippen LogP contribution in [0.3, 0.4) is 0 Å². The zero-order chi connectivity index (χ0) is 11.6. The van der Waals surface area contributed by atoms with Gasteiger partial charge < -0.3 is 5.11 Å². The van der Waals surface area contributed by atoms with E-state index in [-0.39, 0.29) is 21.1 Å². The molecule has 0 aliphatic rings. The SMILES string of the molecule is O=C(CBr)c1ccc(O)c([N+](=O)[O-])c1Br. The van der Waals surface area contributed by atoms with Crippen molar-refractivity contribution in [1.29, 1.82) is 0 Å². The fourth-order valence-electron chi connectivity index (χ4n) is 1.02. The van der Waals surface area contributed by atoms with Gasteiger partial charge in [-0.15, -0.1) is 0 Å². The van der Waals surface area contributed by atoms with Gasteiger partial charge in [-0.2, -0.15) is 0 Å². The molecule has 15 heavy (non-hydrogen) atoms. The summed E-state index contributed by atoms with van der Waals surface area (Å²) < 4.78 is -0.00282. The Morgan fingerprint density at radius 1 is 1.53 bits per heavy atom. The molecular formula is C8H5Br2NO4. The summed E-state index contributed by atoms with van der Waals surface area (Å²) in [5, 5.41) is 19.9. The molecule has 0 saturated carbocycles. The van der Waals surface area contributed by atoms with E-state index < -0.39 is 16.4 Å². The Morgan fingerprint density at radius 3 is 2.60 bits per heavy atom. The van der Waals surface area contributed by atoms with Crippen LogP contribution in [0.1, 0.15) is 10.4 Å². The minimum absolute atomic E-state index is 0.00282. The number of aromatic hydroxyl groups is 1. The Balaban J connectivity index is 3.41. The number of nitrogens with zero attached hydrogens (tertiary/aromatic N) is 1. The van der Waals surface area contributed by atoms with Crippen molar-refractivity contribution in [2.24, 2.45) is 0 Å². The number of ketones is 1. The Morgan fingerprint density at radius 2 is 2.13 bits per heavy atom. The van der Waals surface area contributed by atoms with E-state index in [4.69, 9.17) is 0 Å². The number of nitro groups is 1. The van der Waals surface area contributed by atoms with Crippen molar-refractivity contribution in [3.8, 4) is 5.75 Å². The van der Waals surface area contributed by atoms with Crippen molar-refractivity contribution in [1.82, 2.24) is 0 Å². The molecule has 0 spiro atoms. The highest BCUT2D eigenvalue weighted by Crippen LogP contribution is 2.36. The fourth-order valence-corrected chi connectivity index (χ4v) is 2.02. The van der Waals surface area contributed by atoms with Gasteiger partial charge in [0.25, 0.3) is 0 Å². The van der Waals surface area contributed by atoms with E-state index >= 15 is 0 Å². The quantitative estimate of drug-likeness (QED) is 0.397. The number of phenolic OH excluding ortho intramolecular Hbond substituents is 1. The summed E-state index contributed by atoms with van der Waals surface area (Å²) >= 11 is 5.89. The maximum absolute atomic E-state index is 11.3. The number of phenols is 1. The van der Waals surface area contributed by atoms with Gasteiger partial charge in [-0.3, -0.25) is 14.9 Å². The molecule has 0 saturated heterocycles. The monoisotopic (exact) mass is 337 g/mol. The molecule has 0 bridgehead atoms. The third kappa shape index (κ3) is 2.35. The normalized spacial score (nSPS) is 10.0. The molecule has 1 N–H and O–H groups in total. The van der Waals surface area contributed by atoms with Gasteiger partial charge in [-0.05, 0) is 28.1 Å². The number of Topliss-reactive ketones (excluding diaryl/α,β-unsaturated/α-hetero) is 1. The molecule has 0 aromatic heterocycles. The first-order valence-electron chi connectivity index (χ1n) is 3.74. The molecule has 0 aliphatic carbocycles. The summed E-state index contributed by atoms with van der Waals surface area (Å²) in [6, 6.07) is 2.45. The number of halogens is 2. The second kappa shape index (κ2) is 4.71. The molecule has 0 atom stereocenters. The number of alkyl halides is 1. The molecule has 1 rings (SSSR count). The summed E-state index contributed by atoms with van der Waals surface area (Å²) in [5.41, 5.74) is -0.335. The topological polar surface area (TPSA) is 80.4 Å². The first-order valence-corrected chi connectivity index (χ1v) is 5.65. The first kappa shape index (κ1) is 12.1. The molecule has 0 radical (unpaired) electrons. The van der Waals surface area contributed by atoms with Crippen LogP contribution in [0.25, 0.3) is 0 Å². The van der Waals surface area contributed by atoms with Gasteiger partial charge in [0.15, 0.2) is 11.5 Å². The highest BCUT2D eigenvalue weighted by Gasteiger charge is 2.23. The van der Waals surface area contributed by atoms with E-state index in [0.29, 0.717) is 0 Å². The number of nitro benzene ring substituents is 1. The van der Waals surface area contributed by atoms with Crippen LogP contribution in [0.15, 0.2) is 16.6 Å². The third-order valence-electron chi connectivity index (χ3n) is 1.70. The van der Waals surface area contributed by atoms with Gasteiger partial charge in [-0.1, -0.05) is 15.9 Å². The standard InChI is InChI=1S/C8H5Br2NO4/c9-3-6(13)4-1-2-5(12)8(7(4)10)11(14)15/h1-2,12H,3H2. The smallest absolute Gasteiger partial charge is 0.325 e. The van der Waals surface area contributed by atoms with Crippen LogP contribution in [0, 0.1) is 10.1 Å². The first-order chi connectivity index (χ1) is 6.99. The largest absolute Gasteiger partial charge is 0.502 e. The average molecular weight is 339 g/mol. The van der Waals surface area contributed by atoms with E-state index in [0.717, 1.165) is 6.07 Å². The lowest BCUT2D eigenvalue weighted by molar-refractivity contribution is -0.386. The second-order valence-corrected chi connectivity index (χ2v) is 3.96. The number of rotatable bonds is 3. The van der Waals surface area contributed by atoms with E-state index in [2.05, 4.69) is 31.9 Å². The predicted octanol–water partition coefficient (Wildman–Crippen LogP) is 2.64. The van der Waals surface area contributed by atoms with E-state index in [1.54, 1.807) is 0 Å². The van der Waals surface area contributed by atoms with E-state index in [9.17, 15) is 20.0 Å². The van der Waals surface area contributed by atoms with Crippen molar-refractivity contribution in [2.45, 2.75) is 0 Å². The van der Waals surface area contributed by atoms with Crippen molar-refractivity contribution in [3.05, 3.63) is 32.3 Å². The number of benzene rings is 1. The van der Waals surface area contributed by atoms with Gasteiger partial charge in [0.1, 0.15) is 4.47 Å². The summed E-state index contributed by atoms with van der Waals surface area (Å²) in [6.45, 7) is 0. The van der Waals surface area contributed by atoms with Crippen LogP contribution >= 0.6 is 31.9 Å². The Hall–Kier alpha value is -0.950. The molecule has 0 amide bonds. The van der Waals surface area contributed by atoms with Crippen molar-refractivity contribution >= 4 is 43.3 Å². The molecule has 1 aromatic carbocycles. The second-order valence-electron chi connectivity index (χ2n) is 2.61. The van der Waals surface area contributed by atoms with Gasteiger partial charge in [0.05, 0.1) is 10.3 Å². The van der Waals surface area contributed by atoms with Crippen molar-refractivity contribution in [3.63, 3.8) is 0 Å². The molecule has 0 aliphatic heterocycles. The summed E-state index contributed by atoms with van der Waals surface area (Å²) in [6.07, 6.45) is 0. The van der Waals surface area contributed by atoms with Crippen LogP contribution < -0.4 is 0 Å². The van der Waals surface area contributed by atoms with Crippen LogP contribution in [-0.2, 0) is 0 Å². The molecule has 80 valence electrons. The minimum atomic E-state index is -0.746. The number of hydrogen-bond acceptors (Lipinski definition) is 4. The highest BCUT2D eigenvalue weighted by atomic mass is 79.9. The van der Waals surface area contributed by atoms with Gasteiger partial charge in [0, 0.05) is 5.56 Å². The van der Waals surface area contributed by atoms with Crippen LogP contribution in [0.4, 0.5) is 5.69 Å². The van der Waals surface area contributed by atoms with Gasteiger partial charge >= 0.3 is 5.69 Å². The Labute approximate surface area is 102 Å². The Bertz CT molecular complexity index is 433. The van der Waals surface area contributed by atoms with Crippen LogP contribution in [0.2, 0.25) is 0 Å². The van der Waals surface area contributed by atoms with Crippen LogP contribution in [0.5, 0.6) is 5.75 Å². The molecule has 1 aromatic rings. The number of hydrogen-bond donors (Lipinski definition) is 1. The highest BCUT2D eigenvalue weighted by molar-refractivity contribution is 9.10. The van der Waals surface area contributed by atoms with Gasteiger partial charge in [0.2, 0.25) is 0 Å². The number of carbonyl (C=O) groups excluding carboxylic acids is 1. The van der Waals surface area contributed by atoms with Gasteiger partial charge in [-0.25, -0.2) is 0 Å². The molecule has 7 heteroatoms. The van der Waals surface area contributed by atoms with Crippen molar-refractivity contribution < 1.29 is 14.8 Å². The lowest BCUT2D eigenvalue weighted by Crippen LogP contribution is -2.03. The minimum Gasteiger partial charge on any atom is -0.502 e. The third-order valence-corrected chi connectivity index (χ3v) is 3.01. The average Bonchev–Trinajstić information content (AvgIpc) is 2.16. The molecule has 0 heterocycles. The summed E-state index contributed by atoms with van der Waals surface area (Å²) in [4.78, 5) is 21.2. The predicted molar refractivity (Wildman–Crippen MR) is 60.6 cm³/mol. The molecule has 0 fully saturated rings.